The molecule has 1 radical (unpaired) electrons. The van der Waals surface area contributed by atoms with Crippen molar-refractivity contribution >= 4 is 0 Å². The van der Waals surface area contributed by atoms with Gasteiger partial charge >= 0.3 is 0 Å². The van der Waals surface area contributed by atoms with Crippen LogP contribution in [0.4, 0.5) is 0 Å². The largest absolute Gasteiger partial charge is 0.393 e. The molecule has 16 heavy (non-hydrogen) atoms. The van der Waals surface area contributed by atoms with Crippen molar-refractivity contribution < 1.29 is 5.11 Å². The van der Waals surface area contributed by atoms with E-state index in [1.54, 1.807) is 0 Å². The molecule has 3 nitrogen and oxygen atoms in total. The molecule has 2 heterocycles. The SMILES string of the molecule is [CH2]C(O)C1CCN(CCN2CCCC2)CC1. The molecule has 2 saturated heterocycles. The van der Waals surface area contributed by atoms with Gasteiger partial charge in [-0.3, -0.25) is 0 Å². The molecule has 2 rings (SSSR count). The predicted octanol–water partition coefficient (Wildman–Crippen LogP) is 0.989. The van der Waals surface area contributed by atoms with Gasteiger partial charge in [-0.25, -0.2) is 0 Å². The van der Waals surface area contributed by atoms with Crippen LogP contribution >= 0.6 is 0 Å². The first-order valence-corrected chi connectivity index (χ1v) is 6.71. The summed E-state index contributed by atoms with van der Waals surface area (Å²) in [6, 6.07) is 0. The number of piperidine rings is 1. The molecule has 0 aromatic heterocycles. The van der Waals surface area contributed by atoms with Gasteiger partial charge < -0.3 is 14.9 Å². The van der Waals surface area contributed by atoms with Crippen LogP contribution in [0.1, 0.15) is 25.7 Å². The lowest BCUT2D eigenvalue weighted by Crippen LogP contribution is -2.40. The second-order valence-electron chi connectivity index (χ2n) is 5.30. The zero-order valence-electron chi connectivity index (χ0n) is 10.3. The van der Waals surface area contributed by atoms with E-state index in [0.29, 0.717) is 5.92 Å². The molecule has 0 bridgehead atoms. The molecule has 0 aliphatic carbocycles. The van der Waals surface area contributed by atoms with Crippen LogP contribution in [-0.2, 0) is 0 Å². The fraction of sp³-hybridized carbons (Fsp3) is 0.923. The fourth-order valence-corrected chi connectivity index (χ4v) is 2.85. The third-order valence-electron chi connectivity index (χ3n) is 4.11. The van der Waals surface area contributed by atoms with Crippen molar-refractivity contribution in [3.63, 3.8) is 0 Å². The van der Waals surface area contributed by atoms with Crippen molar-refractivity contribution in [2.45, 2.75) is 31.8 Å². The molecule has 1 atom stereocenters. The molecule has 2 fully saturated rings. The lowest BCUT2D eigenvalue weighted by molar-refractivity contribution is 0.0840. The van der Waals surface area contributed by atoms with Gasteiger partial charge in [0.2, 0.25) is 0 Å². The monoisotopic (exact) mass is 225 g/mol. The third-order valence-corrected chi connectivity index (χ3v) is 4.11. The molecule has 2 aliphatic heterocycles. The van der Waals surface area contributed by atoms with E-state index in [9.17, 15) is 5.11 Å². The Hall–Kier alpha value is -0.120. The fourth-order valence-electron chi connectivity index (χ4n) is 2.85. The molecule has 2 aliphatic rings. The van der Waals surface area contributed by atoms with Gasteiger partial charge in [0.15, 0.2) is 0 Å². The summed E-state index contributed by atoms with van der Waals surface area (Å²) < 4.78 is 0. The van der Waals surface area contributed by atoms with Crippen molar-refractivity contribution in [2.24, 2.45) is 5.92 Å². The van der Waals surface area contributed by atoms with Gasteiger partial charge in [-0.1, -0.05) is 0 Å². The second-order valence-corrected chi connectivity index (χ2v) is 5.30. The van der Waals surface area contributed by atoms with Gasteiger partial charge in [-0.2, -0.15) is 0 Å². The molecule has 0 spiro atoms. The first-order chi connectivity index (χ1) is 7.75. The van der Waals surface area contributed by atoms with Crippen molar-refractivity contribution in [2.75, 3.05) is 39.3 Å². The lowest BCUT2D eigenvalue weighted by atomic mass is 9.92. The number of hydrogen-bond donors (Lipinski definition) is 1. The standard InChI is InChI=1S/C13H25N2O/c1-12(16)13-4-8-15(9-5-13)11-10-14-6-2-3-7-14/h12-13,16H,1-11H2. The van der Waals surface area contributed by atoms with E-state index in [2.05, 4.69) is 16.7 Å². The molecule has 0 aromatic carbocycles. The second kappa shape index (κ2) is 5.99. The van der Waals surface area contributed by atoms with Gasteiger partial charge in [0.05, 0.1) is 6.10 Å². The quantitative estimate of drug-likeness (QED) is 0.773. The van der Waals surface area contributed by atoms with Crippen LogP contribution in [0, 0.1) is 12.8 Å². The van der Waals surface area contributed by atoms with Crippen molar-refractivity contribution in [3.05, 3.63) is 6.92 Å². The van der Waals surface area contributed by atoms with Crippen LogP contribution in [-0.4, -0.2) is 60.3 Å². The maximum atomic E-state index is 9.43. The Morgan fingerprint density at radius 2 is 1.50 bits per heavy atom. The first-order valence-electron chi connectivity index (χ1n) is 6.71. The third kappa shape index (κ3) is 3.44. The van der Waals surface area contributed by atoms with Crippen molar-refractivity contribution in [3.8, 4) is 0 Å². The Morgan fingerprint density at radius 1 is 1.00 bits per heavy atom. The number of hydrogen-bond acceptors (Lipinski definition) is 3. The Labute approximate surface area is 99.4 Å². The normalized spacial score (nSPS) is 27.4. The van der Waals surface area contributed by atoms with E-state index in [0.717, 1.165) is 25.9 Å². The average molecular weight is 225 g/mol. The van der Waals surface area contributed by atoms with E-state index >= 15 is 0 Å². The van der Waals surface area contributed by atoms with E-state index in [4.69, 9.17) is 0 Å². The summed E-state index contributed by atoms with van der Waals surface area (Å²) >= 11 is 0. The van der Waals surface area contributed by atoms with Gasteiger partial charge in [0, 0.05) is 13.1 Å². The average Bonchev–Trinajstić information content (AvgIpc) is 2.80. The van der Waals surface area contributed by atoms with E-state index in [-0.39, 0.29) is 6.10 Å². The van der Waals surface area contributed by atoms with Gasteiger partial charge in [-0.15, -0.1) is 0 Å². The lowest BCUT2D eigenvalue weighted by Gasteiger charge is -2.34. The Balaban J connectivity index is 1.61. The highest BCUT2D eigenvalue weighted by molar-refractivity contribution is 4.79. The summed E-state index contributed by atoms with van der Waals surface area (Å²) in [4.78, 5) is 5.11. The van der Waals surface area contributed by atoms with Crippen LogP contribution in [0.3, 0.4) is 0 Å². The summed E-state index contributed by atoms with van der Waals surface area (Å²) in [6.45, 7) is 11.1. The van der Waals surface area contributed by atoms with E-state index in [1.165, 1.54) is 39.0 Å². The molecule has 0 aromatic rings. The summed E-state index contributed by atoms with van der Waals surface area (Å²) in [5.41, 5.74) is 0. The zero-order chi connectivity index (χ0) is 11.4. The smallest absolute Gasteiger partial charge is 0.0570 e. The van der Waals surface area contributed by atoms with E-state index in [1.807, 2.05) is 0 Å². The minimum atomic E-state index is -0.360. The maximum Gasteiger partial charge on any atom is 0.0570 e. The van der Waals surface area contributed by atoms with Crippen molar-refractivity contribution in [1.29, 1.82) is 0 Å². The highest BCUT2D eigenvalue weighted by Gasteiger charge is 2.22. The number of nitrogens with zero attached hydrogens (tertiary/aromatic N) is 2. The van der Waals surface area contributed by atoms with Gasteiger partial charge in [0.25, 0.3) is 0 Å². The predicted molar refractivity (Wildman–Crippen MR) is 66.2 cm³/mol. The van der Waals surface area contributed by atoms with Crippen LogP contribution < -0.4 is 0 Å². The van der Waals surface area contributed by atoms with Crippen LogP contribution in [0.5, 0.6) is 0 Å². The summed E-state index contributed by atoms with van der Waals surface area (Å²) in [7, 11) is 0. The van der Waals surface area contributed by atoms with Crippen LogP contribution in [0.25, 0.3) is 0 Å². The molecule has 3 heteroatoms. The topological polar surface area (TPSA) is 26.7 Å². The molecule has 1 N–H and O–H groups in total. The number of rotatable bonds is 4. The highest BCUT2D eigenvalue weighted by Crippen LogP contribution is 2.20. The van der Waals surface area contributed by atoms with Crippen LogP contribution in [0.2, 0.25) is 0 Å². The van der Waals surface area contributed by atoms with E-state index < -0.39 is 0 Å². The molecule has 1 unspecified atom stereocenters. The Bertz CT molecular complexity index is 194. The summed E-state index contributed by atoms with van der Waals surface area (Å²) in [6.07, 6.45) is 4.64. The minimum absolute atomic E-state index is 0.360. The van der Waals surface area contributed by atoms with Crippen molar-refractivity contribution in [1.82, 2.24) is 9.80 Å². The molecular formula is C13H25N2O. The van der Waals surface area contributed by atoms with Gasteiger partial charge in [-0.05, 0) is 64.7 Å². The maximum absolute atomic E-state index is 9.43. The minimum Gasteiger partial charge on any atom is -0.393 e. The molecule has 0 amide bonds. The zero-order valence-corrected chi connectivity index (χ0v) is 10.3. The first kappa shape index (κ1) is 12.3. The Morgan fingerprint density at radius 3 is 2.00 bits per heavy atom. The van der Waals surface area contributed by atoms with Gasteiger partial charge in [0.1, 0.15) is 0 Å². The number of aliphatic hydroxyl groups excluding tert-OH is 1. The molecule has 0 saturated carbocycles. The number of likely N-dealkylation sites (tertiary alicyclic amines) is 2. The van der Waals surface area contributed by atoms with Crippen LogP contribution in [0.15, 0.2) is 0 Å². The Kier molecular flexibility index (Phi) is 4.62. The molecular weight excluding hydrogens is 200 g/mol. The highest BCUT2D eigenvalue weighted by atomic mass is 16.3. The number of aliphatic hydroxyl groups is 1. The molecule has 93 valence electrons. The summed E-state index contributed by atoms with van der Waals surface area (Å²) in [5, 5.41) is 9.43. The summed E-state index contributed by atoms with van der Waals surface area (Å²) in [5.74, 6) is 0.433.